The van der Waals surface area contributed by atoms with Crippen molar-refractivity contribution < 1.29 is 4.79 Å². The van der Waals surface area contributed by atoms with Crippen LogP contribution in [0.15, 0.2) is 48.5 Å². The van der Waals surface area contributed by atoms with Crippen molar-refractivity contribution in [2.45, 2.75) is 58.2 Å². The fourth-order valence-electron chi connectivity index (χ4n) is 4.70. The predicted molar refractivity (Wildman–Crippen MR) is 116 cm³/mol. The summed E-state index contributed by atoms with van der Waals surface area (Å²) in [6.07, 6.45) is 5.81. The first-order chi connectivity index (χ1) is 13.7. The third kappa shape index (κ3) is 3.48. The number of hydrogen-bond acceptors (Lipinski definition) is 3. The molecule has 1 heterocycles. The van der Waals surface area contributed by atoms with E-state index in [1.165, 1.54) is 24.9 Å². The molecule has 0 unspecified atom stereocenters. The molecule has 1 aliphatic heterocycles. The molecule has 2 aliphatic rings. The second-order valence-electron chi connectivity index (χ2n) is 7.86. The van der Waals surface area contributed by atoms with Crippen molar-refractivity contribution in [2.75, 3.05) is 23.3 Å². The summed E-state index contributed by atoms with van der Waals surface area (Å²) < 4.78 is 0. The molecule has 1 saturated carbocycles. The van der Waals surface area contributed by atoms with Crippen molar-refractivity contribution in [3.63, 3.8) is 0 Å². The van der Waals surface area contributed by atoms with E-state index in [0.29, 0.717) is 6.04 Å². The molecule has 2 aromatic carbocycles. The molecule has 4 nitrogen and oxygen atoms in total. The first-order valence-corrected chi connectivity index (χ1v) is 10.8. The molecule has 4 rings (SSSR count). The van der Waals surface area contributed by atoms with Crippen LogP contribution < -0.4 is 10.2 Å². The Balaban J connectivity index is 1.69. The maximum atomic E-state index is 13.4. The molecule has 0 aromatic heterocycles. The smallest absolute Gasteiger partial charge is 0.258 e. The van der Waals surface area contributed by atoms with E-state index in [-0.39, 0.29) is 12.1 Å². The van der Waals surface area contributed by atoms with Gasteiger partial charge in [-0.05, 0) is 56.5 Å². The fourth-order valence-corrected chi connectivity index (χ4v) is 4.70. The summed E-state index contributed by atoms with van der Waals surface area (Å²) in [5, 5.41) is 3.66. The third-order valence-electron chi connectivity index (χ3n) is 6.27. The Labute approximate surface area is 168 Å². The first-order valence-electron chi connectivity index (χ1n) is 10.8. The number of nitrogens with zero attached hydrogens (tertiary/aromatic N) is 2. The topological polar surface area (TPSA) is 35.6 Å². The van der Waals surface area contributed by atoms with Crippen molar-refractivity contribution in [2.24, 2.45) is 0 Å². The average molecular weight is 378 g/mol. The number of fused-ring (bicyclic) bond motifs is 1. The number of amides is 1. The minimum atomic E-state index is -0.101. The number of hydrogen-bond donors (Lipinski definition) is 1. The average Bonchev–Trinajstić information content (AvgIpc) is 2.76. The molecule has 1 N–H and O–H groups in total. The van der Waals surface area contributed by atoms with Crippen LogP contribution >= 0.6 is 0 Å². The van der Waals surface area contributed by atoms with Crippen molar-refractivity contribution >= 4 is 17.3 Å². The van der Waals surface area contributed by atoms with E-state index >= 15 is 0 Å². The normalized spacial score (nSPS) is 19.9. The summed E-state index contributed by atoms with van der Waals surface area (Å²) in [7, 11) is 0. The lowest BCUT2D eigenvalue weighted by Crippen LogP contribution is -2.49. The zero-order valence-corrected chi connectivity index (χ0v) is 17.0. The Kier molecular flexibility index (Phi) is 5.56. The van der Waals surface area contributed by atoms with E-state index in [9.17, 15) is 4.79 Å². The highest BCUT2D eigenvalue weighted by Gasteiger charge is 2.37. The lowest BCUT2D eigenvalue weighted by molar-refractivity contribution is 0.0524. The summed E-state index contributed by atoms with van der Waals surface area (Å²) in [4.78, 5) is 17.9. The summed E-state index contributed by atoms with van der Waals surface area (Å²) in [6.45, 7) is 6.36. The number of para-hydroxylation sites is 1. The van der Waals surface area contributed by atoms with Crippen LogP contribution in [-0.2, 0) is 0 Å². The van der Waals surface area contributed by atoms with Gasteiger partial charge in [0.25, 0.3) is 5.91 Å². The molecular weight excluding hydrogens is 346 g/mol. The van der Waals surface area contributed by atoms with Gasteiger partial charge in [-0.2, -0.15) is 0 Å². The highest BCUT2D eigenvalue weighted by molar-refractivity contribution is 6.01. The van der Waals surface area contributed by atoms with Crippen LogP contribution in [0.1, 0.15) is 68.0 Å². The van der Waals surface area contributed by atoms with Gasteiger partial charge >= 0.3 is 0 Å². The number of rotatable bonds is 5. The number of carbonyl (C=O) groups is 1. The van der Waals surface area contributed by atoms with Crippen LogP contribution in [0.5, 0.6) is 0 Å². The van der Waals surface area contributed by atoms with Crippen LogP contribution in [0.3, 0.4) is 0 Å². The zero-order valence-electron chi connectivity index (χ0n) is 17.0. The summed E-state index contributed by atoms with van der Waals surface area (Å²) >= 11 is 0. The number of carbonyl (C=O) groups excluding carboxylic acids is 1. The number of anilines is 2. The molecule has 28 heavy (non-hydrogen) atoms. The minimum Gasteiger partial charge on any atom is -0.372 e. The van der Waals surface area contributed by atoms with Gasteiger partial charge in [0.1, 0.15) is 6.17 Å². The van der Waals surface area contributed by atoms with E-state index in [4.69, 9.17) is 0 Å². The number of benzene rings is 2. The van der Waals surface area contributed by atoms with Crippen LogP contribution in [0, 0.1) is 0 Å². The molecule has 2 aromatic rings. The first kappa shape index (κ1) is 18.9. The van der Waals surface area contributed by atoms with Gasteiger partial charge in [0, 0.05) is 30.5 Å². The Morgan fingerprint density at radius 3 is 2.32 bits per heavy atom. The van der Waals surface area contributed by atoms with Gasteiger partial charge in [-0.3, -0.25) is 4.79 Å². The van der Waals surface area contributed by atoms with Gasteiger partial charge in [-0.15, -0.1) is 0 Å². The monoisotopic (exact) mass is 377 g/mol. The Morgan fingerprint density at radius 1 is 0.964 bits per heavy atom. The highest BCUT2D eigenvalue weighted by atomic mass is 16.2. The van der Waals surface area contributed by atoms with Crippen molar-refractivity contribution in [1.82, 2.24) is 4.90 Å². The zero-order chi connectivity index (χ0) is 19.5. The van der Waals surface area contributed by atoms with Crippen molar-refractivity contribution in [3.05, 3.63) is 59.7 Å². The highest BCUT2D eigenvalue weighted by Crippen LogP contribution is 2.38. The SMILES string of the molecule is CCN(CC)c1ccc([C@@H]2Nc3ccccc3C(=O)N2C2CCCCC2)cc1. The van der Waals surface area contributed by atoms with Gasteiger partial charge in [0.15, 0.2) is 0 Å². The van der Waals surface area contributed by atoms with Gasteiger partial charge in [-0.1, -0.05) is 43.5 Å². The molecule has 1 fully saturated rings. The molecule has 1 atom stereocenters. The molecule has 4 heteroatoms. The predicted octanol–water partition coefficient (Wildman–Crippen LogP) is 5.43. The van der Waals surface area contributed by atoms with Gasteiger partial charge < -0.3 is 15.1 Å². The maximum Gasteiger partial charge on any atom is 0.258 e. The second-order valence-corrected chi connectivity index (χ2v) is 7.86. The second kappa shape index (κ2) is 8.26. The Bertz CT molecular complexity index is 807. The molecule has 0 spiro atoms. The minimum absolute atomic E-state index is 0.101. The molecule has 1 amide bonds. The van der Waals surface area contributed by atoms with Crippen LogP contribution in [0.4, 0.5) is 11.4 Å². The van der Waals surface area contributed by atoms with Gasteiger partial charge in [0.2, 0.25) is 0 Å². The molecular formula is C24H31N3O. The standard InChI is InChI=1S/C24H31N3O/c1-3-26(4-2)19-16-14-18(15-17-19)23-25-22-13-9-8-12-21(22)24(28)27(23)20-10-6-5-7-11-20/h8-9,12-17,20,23,25H,3-7,10-11H2,1-2H3/t23-/m1/s1. The van der Waals surface area contributed by atoms with E-state index in [1.807, 2.05) is 24.3 Å². The third-order valence-corrected chi connectivity index (χ3v) is 6.27. The quantitative estimate of drug-likeness (QED) is 0.754. The van der Waals surface area contributed by atoms with E-state index in [0.717, 1.165) is 42.7 Å². The molecule has 1 aliphatic carbocycles. The Morgan fingerprint density at radius 2 is 1.64 bits per heavy atom. The molecule has 0 bridgehead atoms. The molecule has 0 radical (unpaired) electrons. The summed E-state index contributed by atoms with van der Waals surface area (Å²) in [6, 6.07) is 17.0. The number of nitrogens with one attached hydrogen (secondary N) is 1. The lowest BCUT2D eigenvalue weighted by atomic mass is 9.91. The van der Waals surface area contributed by atoms with Gasteiger partial charge in [-0.25, -0.2) is 0 Å². The largest absolute Gasteiger partial charge is 0.372 e. The van der Waals surface area contributed by atoms with Gasteiger partial charge in [0.05, 0.1) is 5.56 Å². The van der Waals surface area contributed by atoms with Crippen molar-refractivity contribution in [3.8, 4) is 0 Å². The Hall–Kier alpha value is -2.49. The maximum absolute atomic E-state index is 13.4. The van der Waals surface area contributed by atoms with E-state index in [2.05, 4.69) is 53.2 Å². The van der Waals surface area contributed by atoms with E-state index in [1.54, 1.807) is 0 Å². The van der Waals surface area contributed by atoms with Crippen LogP contribution in [0.2, 0.25) is 0 Å². The van der Waals surface area contributed by atoms with Crippen molar-refractivity contribution in [1.29, 1.82) is 0 Å². The molecule has 148 valence electrons. The lowest BCUT2D eigenvalue weighted by Gasteiger charge is -2.44. The molecule has 0 saturated heterocycles. The van der Waals surface area contributed by atoms with E-state index < -0.39 is 0 Å². The summed E-state index contributed by atoms with van der Waals surface area (Å²) in [5.41, 5.74) is 4.13. The summed E-state index contributed by atoms with van der Waals surface area (Å²) in [5.74, 6) is 0.166. The van der Waals surface area contributed by atoms with Crippen LogP contribution in [-0.4, -0.2) is 29.9 Å². The van der Waals surface area contributed by atoms with Crippen LogP contribution in [0.25, 0.3) is 0 Å². The fraction of sp³-hybridized carbons (Fsp3) is 0.458.